The van der Waals surface area contributed by atoms with Gasteiger partial charge in [-0.2, -0.15) is 0 Å². The van der Waals surface area contributed by atoms with Crippen molar-refractivity contribution in [3.8, 4) is 5.75 Å². The molecular weight excluding hydrogens is 286 g/mol. The summed E-state index contributed by atoms with van der Waals surface area (Å²) >= 11 is 6.27. The van der Waals surface area contributed by atoms with Gasteiger partial charge in [0.25, 0.3) is 0 Å². The van der Waals surface area contributed by atoms with Gasteiger partial charge in [0, 0.05) is 19.2 Å². The number of rotatable bonds is 5. The summed E-state index contributed by atoms with van der Waals surface area (Å²) in [6, 6.07) is 13.3. The van der Waals surface area contributed by atoms with E-state index >= 15 is 0 Å². The van der Waals surface area contributed by atoms with Crippen LogP contribution in [0.1, 0.15) is 22.8 Å². The van der Waals surface area contributed by atoms with Gasteiger partial charge >= 0.3 is 0 Å². The van der Waals surface area contributed by atoms with Crippen molar-refractivity contribution in [2.75, 3.05) is 19.1 Å². The van der Waals surface area contributed by atoms with Crippen molar-refractivity contribution in [1.82, 2.24) is 0 Å². The fourth-order valence-electron chi connectivity index (χ4n) is 2.17. The molecule has 2 aromatic rings. The van der Waals surface area contributed by atoms with Crippen molar-refractivity contribution in [2.45, 2.75) is 13.5 Å². The van der Waals surface area contributed by atoms with Crippen molar-refractivity contribution in [1.29, 1.82) is 0 Å². The molecule has 21 heavy (non-hydrogen) atoms. The summed E-state index contributed by atoms with van der Waals surface area (Å²) in [5.74, 6) is 0.845. The summed E-state index contributed by atoms with van der Waals surface area (Å²) in [6.45, 7) is 2.24. The molecule has 0 aliphatic rings. The Bertz CT molecular complexity index is 655. The quantitative estimate of drug-likeness (QED) is 0.776. The third-order valence-corrected chi connectivity index (χ3v) is 3.62. The van der Waals surface area contributed by atoms with E-state index < -0.39 is 0 Å². The van der Waals surface area contributed by atoms with E-state index in [0.29, 0.717) is 17.1 Å². The van der Waals surface area contributed by atoms with Crippen molar-refractivity contribution in [3.63, 3.8) is 0 Å². The molecule has 0 saturated heterocycles. The minimum atomic E-state index is 0.0129. The molecule has 3 nitrogen and oxygen atoms in total. The monoisotopic (exact) mass is 303 g/mol. The van der Waals surface area contributed by atoms with Crippen LogP contribution in [-0.4, -0.2) is 19.9 Å². The van der Waals surface area contributed by atoms with Crippen LogP contribution in [0.15, 0.2) is 42.5 Å². The normalized spacial score (nSPS) is 10.3. The predicted molar refractivity (Wildman–Crippen MR) is 86.6 cm³/mol. The summed E-state index contributed by atoms with van der Waals surface area (Å²) in [4.78, 5) is 13.4. The lowest BCUT2D eigenvalue weighted by molar-refractivity contribution is 0.101. The average molecular weight is 304 g/mol. The van der Waals surface area contributed by atoms with E-state index in [1.165, 1.54) is 6.92 Å². The standard InChI is InChI=1S/C17H18ClNO2/c1-12(20)14-7-8-17(16(18)10-14)19(2)11-13-5-4-6-15(9-13)21-3/h4-10H,11H2,1-3H3. The van der Waals surface area contributed by atoms with E-state index in [1.54, 1.807) is 19.2 Å². The van der Waals surface area contributed by atoms with Crippen LogP contribution < -0.4 is 9.64 Å². The summed E-state index contributed by atoms with van der Waals surface area (Å²) in [5.41, 5.74) is 2.64. The topological polar surface area (TPSA) is 29.5 Å². The highest BCUT2D eigenvalue weighted by Gasteiger charge is 2.09. The molecule has 0 aromatic heterocycles. The molecule has 0 saturated carbocycles. The van der Waals surface area contributed by atoms with Gasteiger partial charge in [-0.15, -0.1) is 0 Å². The molecule has 0 radical (unpaired) electrons. The number of nitrogens with zero attached hydrogens (tertiary/aromatic N) is 1. The largest absolute Gasteiger partial charge is 0.497 e. The number of hydrogen-bond donors (Lipinski definition) is 0. The number of benzene rings is 2. The second-order valence-corrected chi connectivity index (χ2v) is 5.34. The van der Waals surface area contributed by atoms with Crippen LogP contribution in [0, 0.1) is 0 Å². The van der Waals surface area contributed by atoms with Gasteiger partial charge in [0.15, 0.2) is 5.78 Å². The smallest absolute Gasteiger partial charge is 0.159 e. The number of carbonyl (C=O) groups excluding carboxylic acids is 1. The number of Topliss-reactive ketones (excluding diaryl/α,β-unsaturated/α-hetero) is 1. The van der Waals surface area contributed by atoms with Crippen LogP contribution >= 0.6 is 11.6 Å². The van der Waals surface area contributed by atoms with Gasteiger partial charge in [-0.1, -0.05) is 23.7 Å². The molecular formula is C17H18ClNO2. The van der Waals surface area contributed by atoms with E-state index in [4.69, 9.17) is 16.3 Å². The maximum Gasteiger partial charge on any atom is 0.159 e. The number of anilines is 1. The van der Waals surface area contributed by atoms with Gasteiger partial charge in [-0.05, 0) is 42.8 Å². The van der Waals surface area contributed by atoms with Crippen LogP contribution in [0.5, 0.6) is 5.75 Å². The Labute approximate surface area is 130 Å². The van der Waals surface area contributed by atoms with Crippen molar-refractivity contribution in [2.24, 2.45) is 0 Å². The number of carbonyl (C=O) groups is 1. The number of ketones is 1. The molecule has 0 unspecified atom stereocenters. The van der Waals surface area contributed by atoms with Gasteiger partial charge in [-0.3, -0.25) is 4.79 Å². The zero-order chi connectivity index (χ0) is 15.4. The fourth-order valence-corrected chi connectivity index (χ4v) is 2.49. The Morgan fingerprint density at radius 2 is 2.00 bits per heavy atom. The number of hydrogen-bond acceptors (Lipinski definition) is 3. The Hall–Kier alpha value is -2.00. The second kappa shape index (κ2) is 6.64. The lowest BCUT2D eigenvalue weighted by Crippen LogP contribution is -2.17. The zero-order valence-electron chi connectivity index (χ0n) is 12.4. The van der Waals surface area contributed by atoms with E-state index in [-0.39, 0.29) is 5.78 Å². The Morgan fingerprint density at radius 1 is 1.24 bits per heavy atom. The van der Waals surface area contributed by atoms with Crippen LogP contribution in [0.2, 0.25) is 5.02 Å². The molecule has 4 heteroatoms. The number of ether oxygens (including phenoxy) is 1. The fraction of sp³-hybridized carbons (Fsp3) is 0.235. The minimum absolute atomic E-state index is 0.0129. The molecule has 0 spiro atoms. The van der Waals surface area contributed by atoms with Crippen molar-refractivity contribution >= 4 is 23.1 Å². The molecule has 0 fully saturated rings. The highest BCUT2D eigenvalue weighted by molar-refractivity contribution is 6.33. The second-order valence-electron chi connectivity index (χ2n) is 4.93. The molecule has 2 rings (SSSR count). The predicted octanol–water partition coefficient (Wildman–Crippen LogP) is 4.19. The maximum absolute atomic E-state index is 11.4. The lowest BCUT2D eigenvalue weighted by atomic mass is 10.1. The Balaban J connectivity index is 2.19. The average Bonchev–Trinajstić information content (AvgIpc) is 2.47. The molecule has 0 aliphatic carbocycles. The first-order chi connectivity index (χ1) is 10.0. The first kappa shape index (κ1) is 15.4. The first-order valence-corrected chi connectivity index (χ1v) is 7.03. The third-order valence-electron chi connectivity index (χ3n) is 3.32. The molecule has 110 valence electrons. The van der Waals surface area contributed by atoms with Crippen LogP contribution in [0.3, 0.4) is 0 Å². The molecule has 0 atom stereocenters. The maximum atomic E-state index is 11.4. The van der Waals surface area contributed by atoms with E-state index in [2.05, 4.69) is 0 Å². The van der Waals surface area contributed by atoms with E-state index in [9.17, 15) is 4.79 Å². The third kappa shape index (κ3) is 3.76. The highest BCUT2D eigenvalue weighted by atomic mass is 35.5. The summed E-state index contributed by atoms with van der Waals surface area (Å²) < 4.78 is 5.23. The molecule has 0 N–H and O–H groups in total. The van der Waals surface area contributed by atoms with Crippen LogP contribution in [-0.2, 0) is 6.54 Å². The summed E-state index contributed by atoms with van der Waals surface area (Å²) in [5, 5.41) is 0.577. The molecule has 0 amide bonds. The first-order valence-electron chi connectivity index (χ1n) is 6.66. The summed E-state index contributed by atoms with van der Waals surface area (Å²) in [7, 11) is 3.62. The van der Waals surface area contributed by atoms with E-state index in [1.807, 2.05) is 42.3 Å². The van der Waals surface area contributed by atoms with Crippen LogP contribution in [0.25, 0.3) is 0 Å². The lowest BCUT2D eigenvalue weighted by Gasteiger charge is -2.21. The highest BCUT2D eigenvalue weighted by Crippen LogP contribution is 2.27. The van der Waals surface area contributed by atoms with Gasteiger partial charge in [0.1, 0.15) is 5.75 Å². The summed E-state index contributed by atoms with van der Waals surface area (Å²) in [6.07, 6.45) is 0. The molecule has 0 heterocycles. The Kier molecular flexibility index (Phi) is 4.86. The molecule has 0 aliphatic heterocycles. The van der Waals surface area contributed by atoms with Gasteiger partial charge in [-0.25, -0.2) is 0 Å². The minimum Gasteiger partial charge on any atom is -0.497 e. The van der Waals surface area contributed by atoms with Gasteiger partial charge < -0.3 is 9.64 Å². The zero-order valence-corrected chi connectivity index (χ0v) is 13.1. The van der Waals surface area contributed by atoms with E-state index in [0.717, 1.165) is 17.0 Å². The number of methoxy groups -OCH3 is 1. The molecule has 2 aromatic carbocycles. The Morgan fingerprint density at radius 3 is 2.62 bits per heavy atom. The SMILES string of the molecule is COc1cccc(CN(C)c2ccc(C(C)=O)cc2Cl)c1. The van der Waals surface area contributed by atoms with Crippen molar-refractivity contribution < 1.29 is 9.53 Å². The van der Waals surface area contributed by atoms with Crippen LogP contribution in [0.4, 0.5) is 5.69 Å². The van der Waals surface area contributed by atoms with Gasteiger partial charge in [0.2, 0.25) is 0 Å². The van der Waals surface area contributed by atoms with Crippen molar-refractivity contribution in [3.05, 3.63) is 58.6 Å². The molecule has 0 bridgehead atoms. The number of halogens is 1. The van der Waals surface area contributed by atoms with Gasteiger partial charge in [0.05, 0.1) is 17.8 Å².